The number of aromatic nitrogens is 2. The summed E-state index contributed by atoms with van der Waals surface area (Å²) in [5.41, 5.74) is 4.09. The molecule has 2 heterocycles. The number of rotatable bonds is 6. The fourth-order valence-corrected chi connectivity index (χ4v) is 4.59. The van der Waals surface area contributed by atoms with Crippen molar-refractivity contribution in [2.45, 2.75) is 30.4 Å². The molecule has 0 spiro atoms. The van der Waals surface area contributed by atoms with Gasteiger partial charge in [0.05, 0.1) is 5.25 Å². The average Bonchev–Trinajstić information content (AvgIpc) is 3.33. The lowest BCUT2D eigenvalue weighted by Gasteiger charge is -2.10. The topological polar surface area (TPSA) is 85.4 Å². The number of amides is 1. The van der Waals surface area contributed by atoms with Gasteiger partial charge in [-0.2, -0.15) is 0 Å². The highest BCUT2D eigenvalue weighted by atomic mass is 32.2. The van der Waals surface area contributed by atoms with E-state index in [9.17, 15) is 4.79 Å². The van der Waals surface area contributed by atoms with Crippen LogP contribution in [0.3, 0.4) is 0 Å². The van der Waals surface area contributed by atoms with E-state index in [2.05, 4.69) is 46.8 Å². The first-order valence-electron chi connectivity index (χ1n) is 9.03. The molecule has 2 N–H and O–H groups in total. The van der Waals surface area contributed by atoms with Crippen molar-refractivity contribution in [1.29, 1.82) is 0 Å². The van der Waals surface area contributed by atoms with Gasteiger partial charge in [0.25, 0.3) is 0 Å². The second-order valence-electron chi connectivity index (χ2n) is 6.61. The van der Waals surface area contributed by atoms with Gasteiger partial charge in [-0.15, -0.1) is 10.2 Å². The largest absolute Gasteiger partial charge is 0.454 e. The number of aryl methyl sites for hydroxylation is 2. The van der Waals surface area contributed by atoms with Crippen LogP contribution in [-0.4, -0.2) is 28.1 Å². The van der Waals surface area contributed by atoms with E-state index in [1.807, 2.05) is 13.0 Å². The maximum absolute atomic E-state index is 12.5. The smallest absolute Gasteiger partial charge is 0.237 e. The molecule has 1 aromatic heterocycles. The lowest BCUT2D eigenvalue weighted by molar-refractivity contribution is -0.115. The molecule has 0 radical (unpaired) electrons. The van der Waals surface area contributed by atoms with Crippen LogP contribution in [0.5, 0.6) is 11.5 Å². The van der Waals surface area contributed by atoms with E-state index in [1.165, 1.54) is 34.2 Å². The second-order valence-corrected chi connectivity index (χ2v) is 9.18. The van der Waals surface area contributed by atoms with E-state index in [0.717, 1.165) is 10.0 Å². The Morgan fingerprint density at radius 3 is 2.69 bits per heavy atom. The summed E-state index contributed by atoms with van der Waals surface area (Å²) in [5.74, 6) is 1.20. The Morgan fingerprint density at radius 2 is 1.86 bits per heavy atom. The third-order valence-corrected chi connectivity index (χ3v) is 6.47. The van der Waals surface area contributed by atoms with E-state index >= 15 is 0 Å². The number of hydrogen-bond donors (Lipinski definition) is 2. The molecule has 0 fully saturated rings. The van der Waals surface area contributed by atoms with Crippen molar-refractivity contribution in [2.75, 3.05) is 17.4 Å². The van der Waals surface area contributed by atoms with Crippen LogP contribution in [0.2, 0.25) is 0 Å². The number of benzene rings is 2. The van der Waals surface area contributed by atoms with E-state index in [0.29, 0.717) is 22.3 Å². The molecule has 4 rings (SSSR count). The van der Waals surface area contributed by atoms with Crippen molar-refractivity contribution in [3.63, 3.8) is 0 Å². The van der Waals surface area contributed by atoms with Gasteiger partial charge >= 0.3 is 0 Å². The summed E-state index contributed by atoms with van der Waals surface area (Å²) < 4.78 is 11.3. The van der Waals surface area contributed by atoms with Gasteiger partial charge in [0.15, 0.2) is 15.8 Å². The van der Waals surface area contributed by atoms with Crippen LogP contribution in [0.4, 0.5) is 16.5 Å². The molecule has 0 saturated carbocycles. The maximum Gasteiger partial charge on any atom is 0.237 e. The molecule has 0 saturated heterocycles. The van der Waals surface area contributed by atoms with Crippen LogP contribution in [0.15, 0.2) is 40.7 Å². The predicted octanol–water partition coefficient (Wildman–Crippen LogP) is 4.75. The average molecular weight is 429 g/mol. The van der Waals surface area contributed by atoms with Crippen LogP contribution in [0.1, 0.15) is 18.1 Å². The van der Waals surface area contributed by atoms with Gasteiger partial charge < -0.3 is 20.1 Å². The number of fused-ring (bicyclic) bond motifs is 1. The Hall–Kier alpha value is -2.78. The molecule has 0 bridgehead atoms. The molecular formula is C20H20N4O3S2. The Labute approximate surface area is 176 Å². The van der Waals surface area contributed by atoms with Crippen LogP contribution in [0, 0.1) is 13.8 Å². The summed E-state index contributed by atoms with van der Waals surface area (Å²) >= 11 is 2.79. The zero-order chi connectivity index (χ0) is 20.4. The number of nitrogens with one attached hydrogen (secondary N) is 2. The SMILES string of the molecule is Cc1ccc(Nc2nnc(SC(C)C(=O)Nc3ccc4c(c3)OCO4)s2)cc1C. The molecule has 1 unspecified atom stereocenters. The number of hydrogen-bond acceptors (Lipinski definition) is 8. The van der Waals surface area contributed by atoms with Gasteiger partial charge in [-0.3, -0.25) is 4.79 Å². The molecule has 0 aliphatic carbocycles. The quantitative estimate of drug-likeness (QED) is 0.548. The number of carbonyl (C=O) groups excluding carboxylic acids is 1. The molecule has 2 aromatic carbocycles. The molecule has 150 valence electrons. The monoisotopic (exact) mass is 428 g/mol. The normalized spacial score (nSPS) is 13.2. The Balaban J connectivity index is 1.35. The maximum atomic E-state index is 12.5. The second kappa shape index (κ2) is 8.30. The van der Waals surface area contributed by atoms with Crippen molar-refractivity contribution < 1.29 is 14.3 Å². The molecule has 7 nitrogen and oxygen atoms in total. The van der Waals surface area contributed by atoms with Gasteiger partial charge in [-0.1, -0.05) is 29.2 Å². The number of anilines is 3. The molecule has 1 aliphatic heterocycles. The highest BCUT2D eigenvalue weighted by Crippen LogP contribution is 2.35. The van der Waals surface area contributed by atoms with Gasteiger partial charge in [0.1, 0.15) is 0 Å². The Kier molecular flexibility index (Phi) is 5.59. The molecular weight excluding hydrogens is 408 g/mol. The highest BCUT2D eigenvalue weighted by molar-refractivity contribution is 8.02. The van der Waals surface area contributed by atoms with Crippen LogP contribution < -0.4 is 20.1 Å². The zero-order valence-corrected chi connectivity index (χ0v) is 17.8. The highest BCUT2D eigenvalue weighted by Gasteiger charge is 2.19. The molecule has 1 amide bonds. The summed E-state index contributed by atoms with van der Waals surface area (Å²) in [6, 6.07) is 11.5. The number of ether oxygens (including phenoxy) is 2. The van der Waals surface area contributed by atoms with E-state index in [-0.39, 0.29) is 18.0 Å². The Bertz CT molecular complexity index is 1050. The van der Waals surface area contributed by atoms with Crippen LogP contribution in [-0.2, 0) is 4.79 Å². The standard InChI is InChI=1S/C20H20N4O3S2/c1-11-4-5-14(8-12(11)2)22-19-23-24-20(29-19)28-13(3)18(25)21-15-6-7-16-17(9-15)27-10-26-16/h4-9,13H,10H2,1-3H3,(H,21,25)(H,22,23). The summed E-state index contributed by atoms with van der Waals surface area (Å²) in [6.45, 7) is 6.19. The number of carbonyl (C=O) groups is 1. The zero-order valence-electron chi connectivity index (χ0n) is 16.2. The van der Waals surface area contributed by atoms with Crippen molar-refractivity contribution in [1.82, 2.24) is 10.2 Å². The first kappa shape index (κ1) is 19.5. The number of thioether (sulfide) groups is 1. The first-order valence-corrected chi connectivity index (χ1v) is 10.7. The van der Waals surface area contributed by atoms with Crippen LogP contribution in [0.25, 0.3) is 0 Å². The van der Waals surface area contributed by atoms with Crippen molar-refractivity contribution in [2.24, 2.45) is 0 Å². The third kappa shape index (κ3) is 4.63. The Morgan fingerprint density at radius 1 is 1.07 bits per heavy atom. The molecule has 3 aromatic rings. The lowest BCUT2D eigenvalue weighted by Crippen LogP contribution is -2.22. The first-order chi connectivity index (χ1) is 14.0. The third-order valence-electron chi connectivity index (χ3n) is 4.45. The fraction of sp³-hybridized carbons (Fsp3) is 0.250. The molecule has 9 heteroatoms. The van der Waals surface area contributed by atoms with E-state index < -0.39 is 0 Å². The van der Waals surface area contributed by atoms with Crippen molar-refractivity contribution in [3.8, 4) is 11.5 Å². The predicted molar refractivity (Wildman–Crippen MR) is 116 cm³/mol. The summed E-state index contributed by atoms with van der Waals surface area (Å²) in [7, 11) is 0. The minimum atomic E-state index is -0.331. The minimum Gasteiger partial charge on any atom is -0.454 e. The minimum absolute atomic E-state index is 0.118. The fourth-order valence-electron chi connectivity index (χ4n) is 2.67. The van der Waals surface area contributed by atoms with Gasteiger partial charge in [0, 0.05) is 17.4 Å². The summed E-state index contributed by atoms with van der Waals surface area (Å²) in [4.78, 5) is 12.5. The van der Waals surface area contributed by atoms with Crippen LogP contribution >= 0.6 is 23.1 Å². The van der Waals surface area contributed by atoms with E-state index in [4.69, 9.17) is 9.47 Å². The van der Waals surface area contributed by atoms with Crippen molar-refractivity contribution in [3.05, 3.63) is 47.5 Å². The summed E-state index contributed by atoms with van der Waals surface area (Å²) in [6.07, 6.45) is 0. The number of nitrogens with zero attached hydrogens (tertiary/aromatic N) is 2. The summed E-state index contributed by atoms with van der Waals surface area (Å²) in [5, 5.41) is 14.9. The van der Waals surface area contributed by atoms with Gasteiger partial charge in [-0.05, 0) is 56.2 Å². The van der Waals surface area contributed by atoms with E-state index in [1.54, 1.807) is 18.2 Å². The van der Waals surface area contributed by atoms with Crippen molar-refractivity contribution >= 4 is 45.5 Å². The lowest BCUT2D eigenvalue weighted by atomic mass is 10.1. The van der Waals surface area contributed by atoms with Gasteiger partial charge in [-0.25, -0.2) is 0 Å². The molecule has 29 heavy (non-hydrogen) atoms. The molecule has 1 atom stereocenters. The van der Waals surface area contributed by atoms with Gasteiger partial charge in [0.2, 0.25) is 17.8 Å². The molecule has 1 aliphatic rings.